The van der Waals surface area contributed by atoms with Gasteiger partial charge in [0.05, 0.1) is 0 Å². The third kappa shape index (κ3) is 10.00. The standard InChI is InChI=1S/C55H80O3/c1-32-38(23-22-35-26-41(50(4,5)6)47(56)42(27-35)51(7,8)9)33(2)40(25-37-30-45(54(16,17)18)49(58)46(31-37)55(19,20)21)34(3)39(32)24-36-28-43(52(10,11)12)48(57)44(29-36)53(13,14)15/h26-31,56-58H,22-25H2,1-21H3. The zero-order valence-corrected chi connectivity index (χ0v) is 40.6. The summed E-state index contributed by atoms with van der Waals surface area (Å²) in [6.45, 7) is 46.3. The molecule has 4 aromatic carbocycles. The molecule has 3 N–H and O–H groups in total. The first-order valence-electron chi connectivity index (χ1n) is 21.8. The fourth-order valence-corrected chi connectivity index (χ4v) is 8.83. The van der Waals surface area contributed by atoms with E-state index in [-0.39, 0.29) is 32.5 Å². The van der Waals surface area contributed by atoms with Gasteiger partial charge >= 0.3 is 0 Å². The van der Waals surface area contributed by atoms with Gasteiger partial charge in [0.1, 0.15) is 17.2 Å². The highest BCUT2D eigenvalue weighted by Crippen LogP contribution is 2.44. The molecule has 0 aliphatic rings. The number of aromatic hydroxyl groups is 3. The summed E-state index contributed by atoms with van der Waals surface area (Å²) >= 11 is 0. The van der Waals surface area contributed by atoms with Crippen molar-refractivity contribution >= 4 is 0 Å². The topological polar surface area (TPSA) is 60.7 Å². The maximum Gasteiger partial charge on any atom is 0.123 e. The zero-order valence-electron chi connectivity index (χ0n) is 40.6. The van der Waals surface area contributed by atoms with Crippen LogP contribution in [0, 0.1) is 20.8 Å². The van der Waals surface area contributed by atoms with Crippen LogP contribution < -0.4 is 0 Å². The lowest BCUT2D eigenvalue weighted by atomic mass is 9.76. The van der Waals surface area contributed by atoms with Crippen LogP contribution in [0.5, 0.6) is 17.2 Å². The summed E-state index contributed by atoms with van der Waals surface area (Å²) in [4.78, 5) is 0. The molecule has 3 nitrogen and oxygen atoms in total. The number of aryl methyl sites for hydroxylation is 1. The van der Waals surface area contributed by atoms with Gasteiger partial charge in [-0.3, -0.25) is 0 Å². The number of hydrogen-bond donors (Lipinski definition) is 3. The van der Waals surface area contributed by atoms with Crippen molar-refractivity contribution in [1.82, 2.24) is 0 Å². The summed E-state index contributed by atoms with van der Waals surface area (Å²) in [5.41, 5.74) is 16.5. The molecule has 0 aliphatic heterocycles. The van der Waals surface area contributed by atoms with Gasteiger partial charge in [0.25, 0.3) is 0 Å². The minimum absolute atomic E-state index is 0.194. The molecule has 0 fully saturated rings. The first kappa shape index (κ1) is 47.0. The SMILES string of the molecule is Cc1c(CCc2cc(C(C)(C)C)c(O)c(C(C)(C)C)c2)c(C)c(Cc2cc(C(C)(C)C)c(O)c(C(C)(C)C)c2)c(C)c1Cc1cc(C(C)(C)C)c(O)c(C(C)(C)C)c1. The number of phenols is 3. The van der Waals surface area contributed by atoms with Gasteiger partial charge in [-0.1, -0.05) is 161 Å². The lowest BCUT2D eigenvalue weighted by molar-refractivity contribution is 0.422. The molecule has 0 atom stereocenters. The van der Waals surface area contributed by atoms with Crippen molar-refractivity contribution in [2.24, 2.45) is 0 Å². The first-order chi connectivity index (χ1) is 26.0. The number of benzene rings is 4. The Bertz CT molecular complexity index is 1950. The molecular formula is C55H80O3. The lowest BCUT2D eigenvalue weighted by Crippen LogP contribution is -2.19. The average Bonchev–Trinajstić information content (AvgIpc) is 3.03. The molecule has 0 aliphatic carbocycles. The largest absolute Gasteiger partial charge is 0.507 e. The van der Waals surface area contributed by atoms with Crippen molar-refractivity contribution in [3.63, 3.8) is 0 Å². The Morgan fingerprint density at radius 1 is 0.310 bits per heavy atom. The van der Waals surface area contributed by atoms with Crippen LogP contribution in [0.25, 0.3) is 0 Å². The van der Waals surface area contributed by atoms with E-state index in [0.717, 1.165) is 59.1 Å². The normalized spacial score (nSPS) is 13.4. The van der Waals surface area contributed by atoms with Gasteiger partial charge in [-0.15, -0.1) is 0 Å². The number of phenolic OH excluding ortho intramolecular Hbond substituents is 3. The Kier molecular flexibility index (Phi) is 12.7. The first-order valence-corrected chi connectivity index (χ1v) is 21.8. The number of hydrogen-bond acceptors (Lipinski definition) is 3. The van der Waals surface area contributed by atoms with E-state index >= 15 is 0 Å². The van der Waals surface area contributed by atoms with Crippen molar-refractivity contribution < 1.29 is 15.3 Å². The van der Waals surface area contributed by atoms with Crippen LogP contribution in [-0.4, -0.2) is 15.3 Å². The minimum Gasteiger partial charge on any atom is -0.507 e. The van der Waals surface area contributed by atoms with Crippen molar-refractivity contribution in [1.29, 1.82) is 0 Å². The molecule has 4 aromatic rings. The van der Waals surface area contributed by atoms with Gasteiger partial charge in [-0.2, -0.15) is 0 Å². The van der Waals surface area contributed by atoms with E-state index in [2.05, 4.69) is 182 Å². The van der Waals surface area contributed by atoms with Crippen molar-refractivity contribution in [3.05, 3.63) is 120 Å². The third-order valence-electron chi connectivity index (χ3n) is 12.5. The predicted molar refractivity (Wildman–Crippen MR) is 250 cm³/mol. The molecule has 0 amide bonds. The van der Waals surface area contributed by atoms with Crippen LogP contribution in [0.1, 0.15) is 208 Å². The quantitative estimate of drug-likeness (QED) is 0.175. The van der Waals surface area contributed by atoms with E-state index in [9.17, 15) is 15.3 Å². The van der Waals surface area contributed by atoms with Crippen LogP contribution in [0.15, 0.2) is 36.4 Å². The van der Waals surface area contributed by atoms with Crippen LogP contribution in [-0.2, 0) is 58.2 Å². The summed E-state index contributed by atoms with van der Waals surface area (Å²) in [7, 11) is 0. The maximum absolute atomic E-state index is 11.6. The van der Waals surface area contributed by atoms with Gasteiger partial charge < -0.3 is 15.3 Å². The molecule has 0 radical (unpaired) electrons. The molecule has 0 spiro atoms. The molecule has 58 heavy (non-hydrogen) atoms. The van der Waals surface area contributed by atoms with E-state index in [4.69, 9.17) is 0 Å². The van der Waals surface area contributed by atoms with E-state index in [0.29, 0.717) is 17.2 Å². The van der Waals surface area contributed by atoms with E-state index < -0.39 is 0 Å². The Morgan fingerprint density at radius 3 is 0.741 bits per heavy atom. The third-order valence-corrected chi connectivity index (χ3v) is 12.5. The Labute approximate surface area is 354 Å². The van der Waals surface area contributed by atoms with Crippen molar-refractivity contribution in [3.8, 4) is 17.2 Å². The summed E-state index contributed by atoms with van der Waals surface area (Å²) in [5, 5.41) is 34.8. The fourth-order valence-electron chi connectivity index (χ4n) is 8.83. The highest BCUT2D eigenvalue weighted by atomic mass is 16.3. The second-order valence-electron chi connectivity index (χ2n) is 23.8. The van der Waals surface area contributed by atoms with Crippen molar-refractivity contribution in [2.75, 3.05) is 0 Å². The summed E-state index contributed by atoms with van der Waals surface area (Å²) in [5.74, 6) is 1.25. The van der Waals surface area contributed by atoms with Crippen LogP contribution in [0.3, 0.4) is 0 Å². The van der Waals surface area contributed by atoms with Crippen molar-refractivity contribution in [2.45, 2.75) is 204 Å². The fraction of sp³-hybridized carbons (Fsp3) is 0.564. The van der Waals surface area contributed by atoms with E-state index in [1.807, 2.05) is 0 Å². The molecule has 3 heteroatoms. The van der Waals surface area contributed by atoms with Crippen LogP contribution in [0.4, 0.5) is 0 Å². The molecule has 318 valence electrons. The highest BCUT2D eigenvalue weighted by Gasteiger charge is 2.31. The van der Waals surface area contributed by atoms with Gasteiger partial charge in [0.2, 0.25) is 0 Å². The molecule has 0 bridgehead atoms. The van der Waals surface area contributed by atoms with E-state index in [1.165, 1.54) is 50.1 Å². The van der Waals surface area contributed by atoms with Gasteiger partial charge in [0, 0.05) is 0 Å². The van der Waals surface area contributed by atoms with Gasteiger partial charge in [-0.25, -0.2) is 0 Å². The monoisotopic (exact) mass is 789 g/mol. The molecule has 0 unspecified atom stereocenters. The minimum atomic E-state index is -0.218. The Balaban J connectivity index is 2.02. The average molecular weight is 789 g/mol. The van der Waals surface area contributed by atoms with Crippen LogP contribution >= 0.6 is 0 Å². The van der Waals surface area contributed by atoms with E-state index in [1.54, 1.807) is 0 Å². The molecule has 0 aromatic heterocycles. The Hall–Kier alpha value is -3.72. The summed E-state index contributed by atoms with van der Waals surface area (Å²) in [6.07, 6.45) is 3.27. The van der Waals surface area contributed by atoms with Crippen LogP contribution in [0.2, 0.25) is 0 Å². The summed E-state index contributed by atoms with van der Waals surface area (Å²) < 4.78 is 0. The van der Waals surface area contributed by atoms with Gasteiger partial charge in [-0.05, 0) is 162 Å². The second kappa shape index (κ2) is 15.7. The smallest absolute Gasteiger partial charge is 0.123 e. The molecule has 0 saturated carbocycles. The predicted octanol–water partition coefficient (Wildman–Crippen LogP) is 14.5. The lowest BCUT2D eigenvalue weighted by Gasteiger charge is -2.30. The molecular weight excluding hydrogens is 709 g/mol. The number of rotatable bonds is 7. The Morgan fingerprint density at radius 2 is 0.517 bits per heavy atom. The maximum atomic E-state index is 11.6. The molecule has 4 rings (SSSR count). The van der Waals surface area contributed by atoms with Gasteiger partial charge in [0.15, 0.2) is 0 Å². The zero-order chi connectivity index (χ0) is 44.5. The highest BCUT2D eigenvalue weighted by molar-refractivity contribution is 5.58. The molecule has 0 heterocycles. The molecule has 0 saturated heterocycles. The summed E-state index contributed by atoms with van der Waals surface area (Å²) in [6, 6.07) is 13.4. The second-order valence-corrected chi connectivity index (χ2v) is 23.8.